The molecule has 0 atom stereocenters. The molecule has 0 radical (unpaired) electrons. The molecule has 0 amide bonds. The molecule has 1 heterocycles. The van der Waals surface area contributed by atoms with E-state index in [9.17, 15) is 9.50 Å². The van der Waals surface area contributed by atoms with Crippen molar-refractivity contribution < 1.29 is 14.2 Å². The highest BCUT2D eigenvalue weighted by Gasteiger charge is 2.19. The molecule has 1 fully saturated rings. The van der Waals surface area contributed by atoms with Gasteiger partial charge in [-0.25, -0.2) is 9.38 Å². The van der Waals surface area contributed by atoms with E-state index in [1.54, 1.807) is 12.1 Å². The van der Waals surface area contributed by atoms with Gasteiger partial charge in [-0.3, -0.25) is 0 Å². The maximum Gasteiger partial charge on any atom is 0.191 e. The summed E-state index contributed by atoms with van der Waals surface area (Å²) in [5, 5.41) is 16.2. The van der Waals surface area contributed by atoms with E-state index >= 15 is 0 Å². The fraction of sp³-hybridized carbons (Fsp3) is 0.400. The number of anilines is 1. The number of ether oxygens (including phenoxy) is 1. The molecule has 0 saturated carbocycles. The fourth-order valence-electron chi connectivity index (χ4n) is 3.64. The minimum atomic E-state index is -0.277. The Morgan fingerprint density at radius 1 is 1.24 bits per heavy atom. The van der Waals surface area contributed by atoms with E-state index in [0.29, 0.717) is 63.8 Å². The van der Waals surface area contributed by atoms with Crippen molar-refractivity contribution in [3.8, 4) is 5.75 Å². The van der Waals surface area contributed by atoms with Crippen LogP contribution in [0.3, 0.4) is 0 Å². The van der Waals surface area contributed by atoms with Gasteiger partial charge in [0.2, 0.25) is 0 Å². The predicted molar refractivity (Wildman–Crippen MR) is 143 cm³/mol. The summed E-state index contributed by atoms with van der Waals surface area (Å²) >= 11 is 0. The summed E-state index contributed by atoms with van der Waals surface area (Å²) in [5.74, 6) is 1.21. The Balaban J connectivity index is 0.00000385. The maximum absolute atomic E-state index is 14.7. The molecule has 180 valence electrons. The number of halogens is 2. The second kappa shape index (κ2) is 14.0. The summed E-state index contributed by atoms with van der Waals surface area (Å²) in [7, 11) is 0. The average Bonchev–Trinajstić information content (AvgIpc) is 2.81. The van der Waals surface area contributed by atoms with Crippen LogP contribution in [0, 0.1) is 5.82 Å². The average molecular weight is 568 g/mol. The normalized spacial score (nSPS) is 14.4. The number of rotatable bonds is 9. The third kappa shape index (κ3) is 8.19. The first-order chi connectivity index (χ1) is 15.6. The standard InChI is InChI=1S/C25H33FN4O2.HI/c1-3-15-32-24-8-6-5-7-20(24)18-29-25(27-4-2)28-17-19-9-10-23(22(26)16-19)30-13-11-21(31)12-14-30;/h3,5-10,16,21,31H,1,4,11-15,17-18H2,2H3,(H2,27,28,29);1H. The number of para-hydroxylation sites is 1. The van der Waals surface area contributed by atoms with Crippen LogP contribution in [0.1, 0.15) is 30.9 Å². The molecule has 0 aromatic heterocycles. The molecule has 3 rings (SSSR count). The number of aliphatic hydroxyl groups excluding tert-OH is 1. The number of aliphatic imine (C=N–C) groups is 1. The number of benzene rings is 2. The van der Waals surface area contributed by atoms with Gasteiger partial charge in [0, 0.05) is 31.7 Å². The summed E-state index contributed by atoms with van der Waals surface area (Å²) < 4.78 is 20.4. The van der Waals surface area contributed by atoms with Crippen molar-refractivity contribution >= 4 is 35.6 Å². The van der Waals surface area contributed by atoms with Crippen LogP contribution in [0.25, 0.3) is 0 Å². The van der Waals surface area contributed by atoms with Crippen molar-refractivity contribution in [1.82, 2.24) is 10.6 Å². The Morgan fingerprint density at radius 3 is 2.70 bits per heavy atom. The Labute approximate surface area is 213 Å². The van der Waals surface area contributed by atoms with Gasteiger partial charge in [-0.15, -0.1) is 24.0 Å². The Hall–Kier alpha value is -2.33. The lowest BCUT2D eigenvalue weighted by Gasteiger charge is -2.31. The van der Waals surface area contributed by atoms with E-state index in [-0.39, 0.29) is 35.9 Å². The minimum Gasteiger partial charge on any atom is -0.489 e. The second-order valence-electron chi connectivity index (χ2n) is 7.76. The van der Waals surface area contributed by atoms with E-state index in [0.717, 1.165) is 16.9 Å². The van der Waals surface area contributed by atoms with E-state index < -0.39 is 0 Å². The van der Waals surface area contributed by atoms with E-state index in [1.807, 2.05) is 48.2 Å². The zero-order valence-electron chi connectivity index (χ0n) is 19.1. The van der Waals surface area contributed by atoms with E-state index in [1.165, 1.54) is 0 Å². The minimum absolute atomic E-state index is 0. The van der Waals surface area contributed by atoms with Gasteiger partial charge < -0.3 is 25.4 Å². The molecule has 0 unspecified atom stereocenters. The highest BCUT2D eigenvalue weighted by Crippen LogP contribution is 2.24. The van der Waals surface area contributed by atoms with Gasteiger partial charge >= 0.3 is 0 Å². The maximum atomic E-state index is 14.7. The highest BCUT2D eigenvalue weighted by atomic mass is 127. The fourth-order valence-corrected chi connectivity index (χ4v) is 3.64. The molecule has 33 heavy (non-hydrogen) atoms. The molecule has 2 aromatic carbocycles. The number of hydrogen-bond acceptors (Lipinski definition) is 4. The number of nitrogens with one attached hydrogen (secondary N) is 2. The van der Waals surface area contributed by atoms with Crippen molar-refractivity contribution in [2.24, 2.45) is 4.99 Å². The van der Waals surface area contributed by atoms with Crippen LogP contribution in [-0.2, 0) is 13.1 Å². The van der Waals surface area contributed by atoms with Crippen LogP contribution in [0.2, 0.25) is 0 Å². The third-order valence-corrected chi connectivity index (χ3v) is 5.36. The molecule has 0 spiro atoms. The lowest BCUT2D eigenvalue weighted by Crippen LogP contribution is -2.37. The van der Waals surface area contributed by atoms with E-state index in [4.69, 9.17) is 4.74 Å². The lowest BCUT2D eigenvalue weighted by atomic mass is 10.1. The summed E-state index contributed by atoms with van der Waals surface area (Å²) in [6.45, 7) is 9.10. The van der Waals surface area contributed by atoms with Gasteiger partial charge in [0.1, 0.15) is 18.2 Å². The molecule has 8 heteroatoms. The number of guanidine groups is 1. The first-order valence-corrected chi connectivity index (χ1v) is 11.2. The molecular formula is C25H34FIN4O2. The Bertz CT molecular complexity index is 917. The van der Waals surface area contributed by atoms with Gasteiger partial charge in [0.15, 0.2) is 5.96 Å². The zero-order valence-corrected chi connectivity index (χ0v) is 21.4. The summed E-state index contributed by atoms with van der Waals surface area (Å²) in [6.07, 6.45) is 2.78. The highest BCUT2D eigenvalue weighted by molar-refractivity contribution is 14.0. The summed E-state index contributed by atoms with van der Waals surface area (Å²) in [4.78, 5) is 6.60. The second-order valence-corrected chi connectivity index (χ2v) is 7.76. The Kier molecular flexibility index (Phi) is 11.5. The van der Waals surface area contributed by atoms with Crippen molar-refractivity contribution in [2.75, 3.05) is 31.1 Å². The van der Waals surface area contributed by atoms with Crippen molar-refractivity contribution in [3.05, 3.63) is 72.1 Å². The molecule has 0 aliphatic carbocycles. The van der Waals surface area contributed by atoms with Crippen LogP contribution >= 0.6 is 24.0 Å². The quantitative estimate of drug-likeness (QED) is 0.183. The van der Waals surface area contributed by atoms with Gasteiger partial charge in [-0.2, -0.15) is 0 Å². The van der Waals surface area contributed by atoms with Crippen LogP contribution in [0.15, 0.2) is 60.1 Å². The van der Waals surface area contributed by atoms with Gasteiger partial charge in [-0.1, -0.05) is 36.9 Å². The Morgan fingerprint density at radius 2 is 2.00 bits per heavy atom. The summed E-state index contributed by atoms with van der Waals surface area (Å²) in [6, 6.07) is 13.1. The topological polar surface area (TPSA) is 69.1 Å². The number of piperidine rings is 1. The molecule has 3 N–H and O–H groups in total. The largest absolute Gasteiger partial charge is 0.489 e. The first-order valence-electron chi connectivity index (χ1n) is 11.2. The van der Waals surface area contributed by atoms with Crippen molar-refractivity contribution in [1.29, 1.82) is 0 Å². The SMILES string of the molecule is C=CCOc1ccccc1CNC(=NCc1ccc(N2CCC(O)CC2)c(F)c1)NCC.I. The third-order valence-electron chi connectivity index (χ3n) is 5.36. The van der Waals surface area contributed by atoms with Crippen LogP contribution in [0.4, 0.5) is 10.1 Å². The first kappa shape index (κ1) is 26.9. The molecule has 2 aromatic rings. The summed E-state index contributed by atoms with van der Waals surface area (Å²) in [5.41, 5.74) is 2.41. The van der Waals surface area contributed by atoms with Crippen molar-refractivity contribution in [2.45, 2.75) is 39.0 Å². The zero-order chi connectivity index (χ0) is 22.8. The molecule has 6 nitrogen and oxygen atoms in total. The van der Waals surface area contributed by atoms with Crippen LogP contribution in [-0.4, -0.2) is 43.4 Å². The monoisotopic (exact) mass is 568 g/mol. The lowest BCUT2D eigenvalue weighted by molar-refractivity contribution is 0.145. The number of hydrogen-bond donors (Lipinski definition) is 3. The van der Waals surface area contributed by atoms with Crippen LogP contribution in [0.5, 0.6) is 5.75 Å². The van der Waals surface area contributed by atoms with Gasteiger partial charge in [0.25, 0.3) is 0 Å². The molecule has 0 bridgehead atoms. The number of nitrogens with zero attached hydrogens (tertiary/aromatic N) is 2. The molecular weight excluding hydrogens is 534 g/mol. The smallest absolute Gasteiger partial charge is 0.191 e. The van der Waals surface area contributed by atoms with Gasteiger partial charge in [-0.05, 0) is 43.5 Å². The van der Waals surface area contributed by atoms with Crippen LogP contribution < -0.4 is 20.3 Å². The van der Waals surface area contributed by atoms with E-state index in [2.05, 4.69) is 22.2 Å². The number of aliphatic hydroxyl groups is 1. The van der Waals surface area contributed by atoms with Crippen molar-refractivity contribution in [3.63, 3.8) is 0 Å². The molecule has 1 saturated heterocycles. The predicted octanol–water partition coefficient (Wildman–Crippen LogP) is 4.22. The van der Waals surface area contributed by atoms with Gasteiger partial charge in [0.05, 0.1) is 18.3 Å². The molecule has 1 aliphatic heterocycles. The molecule has 1 aliphatic rings.